The molecule has 1 aliphatic carbocycles. The predicted molar refractivity (Wildman–Crippen MR) is 69.6 cm³/mol. The second-order valence-corrected chi connectivity index (χ2v) is 5.95. The van der Waals surface area contributed by atoms with E-state index >= 15 is 0 Å². The van der Waals surface area contributed by atoms with Gasteiger partial charge in [-0.15, -0.1) is 11.3 Å². The molecule has 94 valence electrons. The summed E-state index contributed by atoms with van der Waals surface area (Å²) in [5.74, 6) is -0.0356. The lowest BCUT2D eigenvalue weighted by Gasteiger charge is -2.40. The monoisotopic (exact) mass is 253 g/mol. The standard InChI is InChI=1S/C13H19NO2S/c1-3-10-9(2)7-11(17-10)12(16)14-13(8-15)5-4-6-13/h7,15H,3-6,8H2,1-2H3,(H,14,16). The smallest absolute Gasteiger partial charge is 0.261 e. The van der Waals surface area contributed by atoms with E-state index in [-0.39, 0.29) is 18.1 Å². The van der Waals surface area contributed by atoms with Gasteiger partial charge in [-0.2, -0.15) is 0 Å². The van der Waals surface area contributed by atoms with Crippen molar-refractivity contribution in [1.82, 2.24) is 5.32 Å². The first-order valence-electron chi connectivity index (χ1n) is 6.13. The third kappa shape index (κ3) is 2.38. The van der Waals surface area contributed by atoms with Crippen LogP contribution < -0.4 is 5.32 Å². The van der Waals surface area contributed by atoms with Crippen LogP contribution in [0.2, 0.25) is 0 Å². The van der Waals surface area contributed by atoms with Gasteiger partial charge < -0.3 is 10.4 Å². The lowest BCUT2D eigenvalue weighted by molar-refractivity contribution is 0.0645. The maximum absolute atomic E-state index is 12.1. The zero-order valence-corrected chi connectivity index (χ0v) is 11.2. The number of nitrogens with one attached hydrogen (secondary N) is 1. The van der Waals surface area contributed by atoms with Gasteiger partial charge in [0.25, 0.3) is 5.91 Å². The summed E-state index contributed by atoms with van der Waals surface area (Å²) < 4.78 is 0. The van der Waals surface area contributed by atoms with E-state index in [0.29, 0.717) is 0 Å². The van der Waals surface area contributed by atoms with E-state index in [1.807, 2.05) is 13.0 Å². The minimum Gasteiger partial charge on any atom is -0.394 e. The van der Waals surface area contributed by atoms with Crippen molar-refractivity contribution in [3.63, 3.8) is 0 Å². The van der Waals surface area contributed by atoms with Gasteiger partial charge in [0, 0.05) is 4.88 Å². The van der Waals surface area contributed by atoms with Crippen molar-refractivity contribution < 1.29 is 9.90 Å². The molecular weight excluding hydrogens is 234 g/mol. The van der Waals surface area contributed by atoms with Gasteiger partial charge in [-0.3, -0.25) is 4.79 Å². The van der Waals surface area contributed by atoms with Gasteiger partial charge in [0.15, 0.2) is 0 Å². The summed E-state index contributed by atoms with van der Waals surface area (Å²) in [4.78, 5) is 14.1. The number of amides is 1. The molecule has 3 nitrogen and oxygen atoms in total. The Kier molecular flexibility index (Phi) is 3.54. The molecule has 1 saturated carbocycles. The Morgan fingerprint density at radius 3 is 2.71 bits per heavy atom. The van der Waals surface area contributed by atoms with Crippen molar-refractivity contribution in [3.8, 4) is 0 Å². The van der Waals surface area contributed by atoms with Crippen LogP contribution in [-0.2, 0) is 6.42 Å². The zero-order valence-electron chi connectivity index (χ0n) is 10.4. The van der Waals surface area contributed by atoms with Gasteiger partial charge in [-0.05, 0) is 44.2 Å². The Hall–Kier alpha value is -0.870. The summed E-state index contributed by atoms with van der Waals surface area (Å²) in [5.41, 5.74) is 0.843. The van der Waals surface area contributed by atoms with Crippen LogP contribution in [0.5, 0.6) is 0 Å². The molecule has 0 saturated heterocycles. The van der Waals surface area contributed by atoms with Crippen LogP contribution >= 0.6 is 11.3 Å². The van der Waals surface area contributed by atoms with E-state index in [0.717, 1.165) is 30.6 Å². The van der Waals surface area contributed by atoms with Crippen LogP contribution in [0.1, 0.15) is 46.3 Å². The van der Waals surface area contributed by atoms with Crippen molar-refractivity contribution in [1.29, 1.82) is 0 Å². The molecule has 0 bridgehead atoms. The molecule has 4 heteroatoms. The largest absolute Gasteiger partial charge is 0.394 e. The fourth-order valence-electron chi connectivity index (χ4n) is 2.21. The van der Waals surface area contributed by atoms with E-state index in [1.54, 1.807) is 11.3 Å². The maximum atomic E-state index is 12.1. The summed E-state index contributed by atoms with van der Waals surface area (Å²) in [6.07, 6.45) is 3.83. The van der Waals surface area contributed by atoms with Crippen molar-refractivity contribution in [2.24, 2.45) is 0 Å². The molecule has 1 amide bonds. The zero-order chi connectivity index (χ0) is 12.5. The molecule has 2 rings (SSSR count). The van der Waals surface area contributed by atoms with Gasteiger partial charge >= 0.3 is 0 Å². The molecule has 0 spiro atoms. The number of thiophene rings is 1. The number of hydrogen-bond acceptors (Lipinski definition) is 3. The quantitative estimate of drug-likeness (QED) is 0.864. The Balaban J connectivity index is 2.09. The first-order valence-corrected chi connectivity index (χ1v) is 6.94. The summed E-state index contributed by atoms with van der Waals surface area (Å²) in [5, 5.41) is 12.3. The average Bonchev–Trinajstić information content (AvgIpc) is 2.65. The molecule has 1 fully saturated rings. The number of aliphatic hydroxyl groups is 1. The molecule has 0 aromatic carbocycles. The number of rotatable bonds is 4. The molecule has 2 N–H and O–H groups in total. The first kappa shape index (κ1) is 12.6. The van der Waals surface area contributed by atoms with Crippen LogP contribution in [-0.4, -0.2) is 23.2 Å². The second-order valence-electron chi connectivity index (χ2n) is 4.82. The summed E-state index contributed by atoms with van der Waals surface area (Å²) in [7, 11) is 0. The number of carbonyl (C=O) groups excluding carboxylic acids is 1. The molecule has 1 aliphatic rings. The molecule has 1 heterocycles. The molecule has 0 atom stereocenters. The fourth-order valence-corrected chi connectivity index (χ4v) is 3.22. The predicted octanol–water partition coefficient (Wildman–Crippen LogP) is 2.26. The number of aryl methyl sites for hydroxylation is 2. The SMILES string of the molecule is CCc1sc(C(=O)NC2(CO)CCC2)cc1C. The summed E-state index contributed by atoms with van der Waals surface area (Å²) in [6.45, 7) is 4.18. The van der Waals surface area contributed by atoms with Crippen molar-refractivity contribution >= 4 is 17.2 Å². The fraction of sp³-hybridized carbons (Fsp3) is 0.615. The highest BCUT2D eigenvalue weighted by Crippen LogP contribution is 2.32. The van der Waals surface area contributed by atoms with Crippen LogP contribution in [0.15, 0.2) is 6.07 Å². The van der Waals surface area contributed by atoms with E-state index < -0.39 is 0 Å². The molecule has 17 heavy (non-hydrogen) atoms. The van der Waals surface area contributed by atoms with Crippen LogP contribution in [0.4, 0.5) is 0 Å². The van der Waals surface area contributed by atoms with Gasteiger partial charge in [-0.25, -0.2) is 0 Å². The highest BCUT2D eigenvalue weighted by Gasteiger charge is 2.38. The highest BCUT2D eigenvalue weighted by atomic mass is 32.1. The first-order chi connectivity index (χ1) is 8.10. The number of carbonyl (C=O) groups is 1. The third-order valence-corrected chi connectivity index (χ3v) is 4.94. The number of aliphatic hydroxyl groups excluding tert-OH is 1. The van der Waals surface area contributed by atoms with Crippen molar-refractivity contribution in [2.75, 3.05) is 6.61 Å². The molecule has 1 aromatic rings. The van der Waals surface area contributed by atoms with E-state index in [9.17, 15) is 9.90 Å². The second kappa shape index (κ2) is 4.78. The van der Waals surface area contributed by atoms with E-state index in [1.165, 1.54) is 10.4 Å². The Morgan fingerprint density at radius 2 is 2.29 bits per heavy atom. The van der Waals surface area contributed by atoms with Crippen LogP contribution in [0.25, 0.3) is 0 Å². The molecular formula is C13H19NO2S. The lowest BCUT2D eigenvalue weighted by Crippen LogP contribution is -2.56. The van der Waals surface area contributed by atoms with Crippen LogP contribution in [0, 0.1) is 6.92 Å². The third-order valence-electron chi connectivity index (χ3n) is 3.56. The van der Waals surface area contributed by atoms with Gasteiger partial charge in [-0.1, -0.05) is 6.92 Å². The molecule has 0 aliphatic heterocycles. The van der Waals surface area contributed by atoms with E-state index in [2.05, 4.69) is 12.2 Å². The Labute approximate surface area is 106 Å². The van der Waals surface area contributed by atoms with Crippen LogP contribution in [0.3, 0.4) is 0 Å². The Morgan fingerprint density at radius 1 is 1.59 bits per heavy atom. The highest BCUT2D eigenvalue weighted by molar-refractivity contribution is 7.14. The Bertz CT molecular complexity index is 416. The normalized spacial score (nSPS) is 17.6. The van der Waals surface area contributed by atoms with Gasteiger partial charge in [0.2, 0.25) is 0 Å². The summed E-state index contributed by atoms with van der Waals surface area (Å²) >= 11 is 1.56. The van der Waals surface area contributed by atoms with Crippen molar-refractivity contribution in [3.05, 3.63) is 21.4 Å². The van der Waals surface area contributed by atoms with Crippen molar-refractivity contribution in [2.45, 2.75) is 45.1 Å². The van der Waals surface area contributed by atoms with Gasteiger partial charge in [0.1, 0.15) is 0 Å². The van der Waals surface area contributed by atoms with E-state index in [4.69, 9.17) is 0 Å². The maximum Gasteiger partial charge on any atom is 0.261 e. The molecule has 0 radical (unpaired) electrons. The minimum atomic E-state index is -0.346. The average molecular weight is 253 g/mol. The lowest BCUT2D eigenvalue weighted by atomic mass is 9.77. The summed E-state index contributed by atoms with van der Waals surface area (Å²) in [6, 6.07) is 1.95. The molecule has 1 aromatic heterocycles. The number of hydrogen-bond donors (Lipinski definition) is 2. The minimum absolute atomic E-state index is 0.0356. The van der Waals surface area contributed by atoms with Gasteiger partial charge in [0.05, 0.1) is 17.0 Å². The molecule has 0 unspecified atom stereocenters. The topological polar surface area (TPSA) is 49.3 Å².